The third-order valence-corrected chi connectivity index (χ3v) is 2.67. The summed E-state index contributed by atoms with van der Waals surface area (Å²) in [5.74, 6) is 0. The predicted molar refractivity (Wildman–Crippen MR) is 60.4 cm³/mol. The zero-order valence-corrected chi connectivity index (χ0v) is 10.2. The van der Waals surface area contributed by atoms with Gasteiger partial charge in [-0.05, 0) is 18.3 Å². The zero-order valence-electron chi connectivity index (χ0n) is 10.2. The number of nitrogens with one attached hydrogen (secondary N) is 1. The van der Waals surface area contributed by atoms with E-state index in [9.17, 15) is 4.79 Å². The third-order valence-electron chi connectivity index (χ3n) is 2.67. The summed E-state index contributed by atoms with van der Waals surface area (Å²) in [4.78, 5) is 12.7. The molecule has 0 aliphatic rings. The van der Waals surface area contributed by atoms with Crippen LogP contribution in [0.5, 0.6) is 0 Å². The summed E-state index contributed by atoms with van der Waals surface area (Å²) < 4.78 is 0. The summed E-state index contributed by atoms with van der Waals surface area (Å²) in [5.41, 5.74) is 0.406. The van der Waals surface area contributed by atoms with Crippen molar-refractivity contribution in [1.82, 2.24) is 10.2 Å². The van der Waals surface area contributed by atoms with E-state index in [1.54, 1.807) is 19.0 Å². The Balaban J connectivity index is 3.52. The minimum absolute atomic E-state index is 0.000644. The van der Waals surface area contributed by atoms with Crippen molar-refractivity contribution in [3.05, 3.63) is 0 Å². The van der Waals surface area contributed by atoms with E-state index in [0.29, 0.717) is 5.41 Å². The van der Waals surface area contributed by atoms with Gasteiger partial charge >= 0.3 is 6.03 Å². The van der Waals surface area contributed by atoms with E-state index >= 15 is 0 Å². The van der Waals surface area contributed by atoms with Crippen molar-refractivity contribution in [1.29, 1.82) is 0 Å². The molecule has 3 heteroatoms. The minimum Gasteiger partial charge on any atom is -0.338 e. The minimum atomic E-state index is -0.000644. The molecule has 0 aliphatic carbocycles. The molecule has 0 rings (SSSR count). The van der Waals surface area contributed by atoms with Crippen LogP contribution in [-0.4, -0.2) is 31.6 Å². The van der Waals surface area contributed by atoms with Gasteiger partial charge in [-0.15, -0.1) is 0 Å². The van der Waals surface area contributed by atoms with Crippen LogP contribution in [0.25, 0.3) is 0 Å². The fourth-order valence-corrected chi connectivity index (χ4v) is 1.10. The first-order valence-electron chi connectivity index (χ1n) is 5.34. The molecule has 0 aromatic heterocycles. The Morgan fingerprint density at radius 3 is 2.36 bits per heavy atom. The van der Waals surface area contributed by atoms with Crippen LogP contribution >= 0.6 is 0 Å². The first-order valence-corrected chi connectivity index (χ1v) is 5.34. The first kappa shape index (κ1) is 13.3. The van der Waals surface area contributed by atoms with Gasteiger partial charge in [0, 0.05) is 20.6 Å². The van der Waals surface area contributed by atoms with Gasteiger partial charge in [0.1, 0.15) is 0 Å². The van der Waals surface area contributed by atoms with Crippen LogP contribution in [0.2, 0.25) is 0 Å². The highest BCUT2D eigenvalue weighted by atomic mass is 16.2. The van der Waals surface area contributed by atoms with E-state index < -0.39 is 0 Å². The van der Waals surface area contributed by atoms with Gasteiger partial charge in [-0.25, -0.2) is 4.79 Å². The molecule has 2 amide bonds. The van der Waals surface area contributed by atoms with E-state index in [0.717, 1.165) is 19.4 Å². The van der Waals surface area contributed by atoms with Gasteiger partial charge in [0.15, 0.2) is 0 Å². The molecule has 3 nitrogen and oxygen atoms in total. The number of carbonyl (C=O) groups is 1. The fourth-order valence-electron chi connectivity index (χ4n) is 1.10. The summed E-state index contributed by atoms with van der Waals surface area (Å²) in [6.07, 6.45) is 3.41. The van der Waals surface area contributed by atoms with Crippen LogP contribution in [-0.2, 0) is 0 Å². The molecule has 0 unspecified atom stereocenters. The van der Waals surface area contributed by atoms with Gasteiger partial charge in [0.2, 0.25) is 0 Å². The lowest BCUT2D eigenvalue weighted by atomic mass is 9.85. The highest BCUT2D eigenvalue weighted by Gasteiger charge is 2.14. The van der Waals surface area contributed by atoms with Crippen molar-refractivity contribution in [2.75, 3.05) is 20.6 Å². The molecule has 14 heavy (non-hydrogen) atoms. The van der Waals surface area contributed by atoms with Gasteiger partial charge in [-0.2, -0.15) is 0 Å². The van der Waals surface area contributed by atoms with Crippen LogP contribution in [0.4, 0.5) is 4.79 Å². The molecular formula is C11H24N2O. The molecule has 0 atom stereocenters. The maximum Gasteiger partial charge on any atom is 0.316 e. The van der Waals surface area contributed by atoms with Gasteiger partial charge in [0.25, 0.3) is 0 Å². The van der Waals surface area contributed by atoms with Crippen molar-refractivity contribution in [3.8, 4) is 0 Å². The quantitative estimate of drug-likeness (QED) is 0.679. The Kier molecular flexibility index (Phi) is 5.58. The van der Waals surface area contributed by atoms with Gasteiger partial charge in [-0.1, -0.05) is 27.2 Å². The predicted octanol–water partition coefficient (Wildman–Crippen LogP) is 2.47. The lowest BCUT2D eigenvalue weighted by Gasteiger charge is -2.22. The molecule has 0 bridgehead atoms. The Labute approximate surface area is 87.9 Å². The van der Waals surface area contributed by atoms with E-state index in [1.807, 2.05) is 0 Å². The lowest BCUT2D eigenvalue weighted by molar-refractivity contribution is 0.216. The largest absolute Gasteiger partial charge is 0.338 e. The monoisotopic (exact) mass is 200 g/mol. The molecule has 0 saturated carbocycles. The molecule has 0 saturated heterocycles. The molecular weight excluding hydrogens is 176 g/mol. The molecule has 0 spiro atoms. The molecule has 84 valence electrons. The van der Waals surface area contributed by atoms with Gasteiger partial charge < -0.3 is 10.2 Å². The van der Waals surface area contributed by atoms with Gasteiger partial charge in [-0.3, -0.25) is 0 Å². The lowest BCUT2D eigenvalue weighted by Crippen LogP contribution is -2.35. The number of nitrogens with zero attached hydrogens (tertiary/aromatic N) is 1. The second-order valence-electron chi connectivity index (χ2n) is 4.75. The number of urea groups is 1. The standard InChI is InChI=1S/C11H24N2O/c1-6-11(2,3)8-7-9-12-10(14)13(4)5/h6-9H2,1-5H3,(H,12,14). The average molecular weight is 200 g/mol. The summed E-state index contributed by atoms with van der Waals surface area (Å²) in [6, 6.07) is -0.000644. The Hall–Kier alpha value is -0.730. The fraction of sp³-hybridized carbons (Fsp3) is 0.909. The molecule has 1 N–H and O–H groups in total. The Morgan fingerprint density at radius 2 is 1.93 bits per heavy atom. The summed E-state index contributed by atoms with van der Waals surface area (Å²) in [5, 5.41) is 2.87. The summed E-state index contributed by atoms with van der Waals surface area (Å²) in [6.45, 7) is 7.51. The Morgan fingerprint density at radius 1 is 1.36 bits per heavy atom. The Bertz CT molecular complexity index is 176. The van der Waals surface area contributed by atoms with Gasteiger partial charge in [0.05, 0.1) is 0 Å². The molecule has 0 aliphatic heterocycles. The van der Waals surface area contributed by atoms with Crippen LogP contribution in [0, 0.1) is 5.41 Å². The molecule has 0 fully saturated rings. The number of rotatable bonds is 5. The van der Waals surface area contributed by atoms with Crippen molar-refractivity contribution < 1.29 is 4.79 Å². The molecule has 0 aromatic rings. The van der Waals surface area contributed by atoms with E-state index in [1.165, 1.54) is 6.42 Å². The van der Waals surface area contributed by atoms with Crippen molar-refractivity contribution in [2.45, 2.75) is 40.0 Å². The van der Waals surface area contributed by atoms with E-state index in [-0.39, 0.29) is 6.03 Å². The van der Waals surface area contributed by atoms with Crippen molar-refractivity contribution >= 4 is 6.03 Å². The van der Waals surface area contributed by atoms with Crippen LogP contribution in [0.15, 0.2) is 0 Å². The first-order chi connectivity index (χ1) is 6.39. The van der Waals surface area contributed by atoms with Crippen molar-refractivity contribution in [3.63, 3.8) is 0 Å². The van der Waals surface area contributed by atoms with Crippen LogP contribution < -0.4 is 5.32 Å². The second kappa shape index (κ2) is 5.89. The molecule has 0 heterocycles. The molecule has 0 radical (unpaired) electrons. The van der Waals surface area contributed by atoms with Crippen LogP contribution in [0.3, 0.4) is 0 Å². The average Bonchev–Trinajstić information content (AvgIpc) is 2.12. The molecule has 0 aromatic carbocycles. The van der Waals surface area contributed by atoms with Crippen LogP contribution in [0.1, 0.15) is 40.0 Å². The summed E-state index contributed by atoms with van der Waals surface area (Å²) in [7, 11) is 3.51. The topological polar surface area (TPSA) is 32.3 Å². The number of carbonyl (C=O) groups excluding carboxylic acids is 1. The third kappa shape index (κ3) is 5.84. The SMILES string of the molecule is CCC(C)(C)CCCNC(=O)N(C)C. The second-order valence-corrected chi connectivity index (χ2v) is 4.75. The maximum atomic E-state index is 11.2. The van der Waals surface area contributed by atoms with E-state index in [2.05, 4.69) is 26.1 Å². The smallest absolute Gasteiger partial charge is 0.316 e. The number of hydrogen-bond donors (Lipinski definition) is 1. The maximum absolute atomic E-state index is 11.2. The zero-order chi connectivity index (χ0) is 11.2. The van der Waals surface area contributed by atoms with Crippen molar-refractivity contribution in [2.24, 2.45) is 5.41 Å². The number of amides is 2. The number of hydrogen-bond acceptors (Lipinski definition) is 1. The summed E-state index contributed by atoms with van der Waals surface area (Å²) >= 11 is 0. The normalized spacial score (nSPS) is 11.2. The van der Waals surface area contributed by atoms with E-state index in [4.69, 9.17) is 0 Å². The highest BCUT2D eigenvalue weighted by molar-refractivity contribution is 5.73. The highest BCUT2D eigenvalue weighted by Crippen LogP contribution is 2.25.